The Morgan fingerprint density at radius 2 is 1.59 bits per heavy atom. The maximum absolute atomic E-state index is 13.4. The molecule has 0 saturated carbocycles. The van der Waals surface area contributed by atoms with Gasteiger partial charge < -0.3 is 10.1 Å². The van der Waals surface area contributed by atoms with Gasteiger partial charge in [0.2, 0.25) is 10.0 Å². The fraction of sp³-hybridized carbons (Fsp3) is 0.231. The van der Waals surface area contributed by atoms with Crippen LogP contribution in [0, 0.1) is 0 Å². The van der Waals surface area contributed by atoms with Crippen LogP contribution in [0.4, 0.5) is 18.9 Å². The summed E-state index contributed by atoms with van der Waals surface area (Å²) in [7, 11) is -3.95. The number of nitrogens with zero attached hydrogens (tertiary/aromatic N) is 1. The Balaban J connectivity index is 1.48. The fourth-order valence-electron chi connectivity index (χ4n) is 4.24. The van der Waals surface area contributed by atoms with E-state index in [4.69, 9.17) is 4.74 Å². The number of rotatable bonds is 7. The number of alkyl halides is 3. The van der Waals surface area contributed by atoms with E-state index < -0.39 is 52.0 Å². The summed E-state index contributed by atoms with van der Waals surface area (Å²) in [5.41, 5.74) is 0.0442. The zero-order valence-electron chi connectivity index (χ0n) is 19.4. The van der Waals surface area contributed by atoms with E-state index in [0.29, 0.717) is 12.0 Å². The summed E-state index contributed by atoms with van der Waals surface area (Å²) in [6, 6.07) is 18.5. The Morgan fingerprint density at radius 3 is 2.32 bits per heavy atom. The lowest BCUT2D eigenvalue weighted by molar-refractivity contribution is -0.148. The van der Waals surface area contributed by atoms with Crippen LogP contribution in [-0.2, 0) is 36.9 Å². The Hall–Kier alpha value is -3.70. The largest absolute Gasteiger partial charge is 0.456 e. The third-order valence-corrected chi connectivity index (χ3v) is 7.87. The molecule has 37 heavy (non-hydrogen) atoms. The smallest absolute Gasteiger partial charge is 0.418 e. The Morgan fingerprint density at radius 1 is 0.946 bits per heavy atom. The van der Waals surface area contributed by atoms with Gasteiger partial charge in [0.05, 0.1) is 28.6 Å². The first-order valence-electron chi connectivity index (χ1n) is 11.3. The number of amides is 1. The van der Waals surface area contributed by atoms with Crippen molar-refractivity contribution in [2.24, 2.45) is 0 Å². The van der Waals surface area contributed by atoms with Crippen molar-refractivity contribution in [3.8, 4) is 0 Å². The predicted octanol–water partition coefficient (Wildman–Crippen LogP) is 4.57. The van der Waals surface area contributed by atoms with Crippen molar-refractivity contribution in [1.29, 1.82) is 0 Å². The first-order valence-corrected chi connectivity index (χ1v) is 12.8. The first-order chi connectivity index (χ1) is 17.6. The van der Waals surface area contributed by atoms with Gasteiger partial charge in [0, 0.05) is 6.54 Å². The number of hydrogen-bond donors (Lipinski definition) is 1. The summed E-state index contributed by atoms with van der Waals surface area (Å²) >= 11 is 0. The molecule has 0 radical (unpaired) electrons. The van der Waals surface area contributed by atoms with Crippen molar-refractivity contribution in [1.82, 2.24) is 4.31 Å². The highest BCUT2D eigenvalue weighted by Gasteiger charge is 2.38. The zero-order chi connectivity index (χ0) is 26.6. The monoisotopic (exact) mass is 532 g/mol. The van der Waals surface area contributed by atoms with Crippen molar-refractivity contribution in [2.75, 3.05) is 18.5 Å². The van der Waals surface area contributed by atoms with E-state index in [-0.39, 0.29) is 17.9 Å². The van der Waals surface area contributed by atoms with Crippen LogP contribution < -0.4 is 5.32 Å². The molecule has 0 bridgehead atoms. The minimum Gasteiger partial charge on any atom is -0.456 e. The molecule has 0 fully saturated rings. The first kappa shape index (κ1) is 26.4. The van der Waals surface area contributed by atoms with Crippen LogP contribution in [0.1, 0.15) is 29.2 Å². The number of fused-ring (bicyclic) bond motifs is 1. The molecule has 0 aliphatic carbocycles. The lowest BCUT2D eigenvalue weighted by Gasteiger charge is -2.36. The molecule has 1 N–H and O–H groups in total. The molecule has 0 saturated heterocycles. The average molecular weight is 533 g/mol. The van der Waals surface area contributed by atoms with Gasteiger partial charge in [-0.05, 0) is 41.8 Å². The Labute approximate surface area is 211 Å². The number of para-hydroxylation sites is 1. The summed E-state index contributed by atoms with van der Waals surface area (Å²) in [4.78, 5) is 25.0. The molecule has 1 aliphatic heterocycles. The summed E-state index contributed by atoms with van der Waals surface area (Å²) in [5, 5.41) is 2.10. The minimum absolute atomic E-state index is 0.0791. The molecule has 194 valence electrons. The van der Waals surface area contributed by atoms with Crippen LogP contribution in [0.5, 0.6) is 0 Å². The van der Waals surface area contributed by atoms with Crippen LogP contribution in [0.15, 0.2) is 83.8 Å². The highest BCUT2D eigenvalue weighted by atomic mass is 32.2. The summed E-state index contributed by atoms with van der Waals surface area (Å²) < 4.78 is 72.5. The van der Waals surface area contributed by atoms with Crippen molar-refractivity contribution in [3.63, 3.8) is 0 Å². The summed E-state index contributed by atoms with van der Waals surface area (Å²) in [5.74, 6) is -1.82. The molecule has 11 heteroatoms. The van der Waals surface area contributed by atoms with Gasteiger partial charge in [-0.15, -0.1) is 0 Å². The molecule has 0 aromatic heterocycles. The van der Waals surface area contributed by atoms with E-state index in [0.717, 1.165) is 17.7 Å². The maximum Gasteiger partial charge on any atom is 0.418 e. The zero-order valence-corrected chi connectivity index (χ0v) is 20.3. The third kappa shape index (κ3) is 6.00. The highest BCUT2D eigenvalue weighted by Crippen LogP contribution is 2.37. The quantitative estimate of drug-likeness (QED) is 0.451. The van der Waals surface area contributed by atoms with Gasteiger partial charge in [0.15, 0.2) is 6.61 Å². The molecule has 1 aliphatic rings. The van der Waals surface area contributed by atoms with E-state index in [2.05, 4.69) is 5.32 Å². The lowest BCUT2D eigenvalue weighted by Crippen LogP contribution is -2.41. The molecule has 3 aromatic rings. The van der Waals surface area contributed by atoms with Crippen LogP contribution in [0.25, 0.3) is 0 Å². The number of nitrogens with one attached hydrogen (secondary N) is 1. The van der Waals surface area contributed by atoms with E-state index in [9.17, 15) is 31.2 Å². The van der Waals surface area contributed by atoms with Crippen molar-refractivity contribution in [3.05, 3.63) is 95.6 Å². The van der Waals surface area contributed by atoms with Crippen LogP contribution >= 0.6 is 0 Å². The average Bonchev–Trinajstić information content (AvgIpc) is 2.88. The second kappa shape index (κ2) is 10.7. The highest BCUT2D eigenvalue weighted by molar-refractivity contribution is 7.89. The van der Waals surface area contributed by atoms with Gasteiger partial charge in [0.25, 0.3) is 5.91 Å². The van der Waals surface area contributed by atoms with Gasteiger partial charge >= 0.3 is 12.1 Å². The van der Waals surface area contributed by atoms with Crippen molar-refractivity contribution in [2.45, 2.75) is 30.0 Å². The topological polar surface area (TPSA) is 92.8 Å². The van der Waals surface area contributed by atoms with Gasteiger partial charge in [-0.3, -0.25) is 9.59 Å². The van der Waals surface area contributed by atoms with Crippen LogP contribution in [0.3, 0.4) is 0 Å². The Bertz CT molecular complexity index is 1390. The number of anilines is 1. The number of sulfonamides is 1. The number of carbonyl (C=O) groups excluding carboxylic acids is 2. The summed E-state index contributed by atoms with van der Waals surface area (Å²) in [6.45, 7) is -0.689. The van der Waals surface area contributed by atoms with E-state index in [1.165, 1.54) is 28.6 Å². The normalized spacial score (nSPS) is 16.0. The number of hydrogen-bond acceptors (Lipinski definition) is 5. The van der Waals surface area contributed by atoms with Crippen LogP contribution in [-0.4, -0.2) is 37.8 Å². The molecule has 0 spiro atoms. The number of ether oxygens (including phenoxy) is 1. The van der Waals surface area contributed by atoms with Crippen molar-refractivity contribution >= 4 is 27.6 Å². The number of benzene rings is 3. The standard InChI is InChI=1S/C26H23F3N2O5S/c27-26(28,29)21-12-6-7-13-22(21)30-24(32)17-36-25(33)16-23-20-11-5-4-8-18(20)14-15-31(23)37(34,35)19-9-2-1-3-10-19/h1-13,23H,14-17H2,(H,30,32)/t23-/m0/s1. The third-order valence-electron chi connectivity index (χ3n) is 5.94. The number of halogens is 3. The molecule has 7 nitrogen and oxygen atoms in total. The van der Waals surface area contributed by atoms with Crippen LogP contribution in [0.2, 0.25) is 0 Å². The molecule has 1 atom stereocenters. The maximum atomic E-state index is 13.4. The molecule has 3 aromatic carbocycles. The second-order valence-electron chi connectivity index (χ2n) is 8.35. The van der Waals surface area contributed by atoms with Gasteiger partial charge in [0.1, 0.15) is 0 Å². The van der Waals surface area contributed by atoms with E-state index in [1.54, 1.807) is 30.3 Å². The molecular weight excluding hydrogens is 509 g/mol. The molecule has 0 unspecified atom stereocenters. The van der Waals surface area contributed by atoms with Crippen molar-refractivity contribution < 1.29 is 35.9 Å². The van der Waals surface area contributed by atoms with Gasteiger partial charge in [-0.1, -0.05) is 54.6 Å². The number of esters is 1. The van der Waals surface area contributed by atoms with Gasteiger partial charge in [-0.25, -0.2) is 8.42 Å². The molecular formula is C26H23F3N2O5S. The summed E-state index contributed by atoms with van der Waals surface area (Å²) in [6.07, 6.45) is -4.60. The SMILES string of the molecule is O=C(COC(=O)C[C@H]1c2ccccc2CCN1S(=O)(=O)c1ccccc1)Nc1ccccc1C(F)(F)F. The fourth-order valence-corrected chi connectivity index (χ4v) is 5.87. The Kier molecular flexibility index (Phi) is 7.65. The van der Waals surface area contributed by atoms with E-state index in [1.807, 2.05) is 12.1 Å². The predicted molar refractivity (Wildman–Crippen MR) is 129 cm³/mol. The molecule has 1 amide bonds. The molecule has 4 rings (SSSR count). The lowest BCUT2D eigenvalue weighted by atomic mass is 9.92. The molecule has 1 heterocycles. The second-order valence-corrected chi connectivity index (χ2v) is 10.2. The minimum atomic E-state index is -4.68. The van der Waals surface area contributed by atoms with Gasteiger partial charge in [-0.2, -0.15) is 17.5 Å². The van der Waals surface area contributed by atoms with E-state index >= 15 is 0 Å². The number of carbonyl (C=O) groups is 2.